The van der Waals surface area contributed by atoms with Crippen LogP contribution in [0.4, 0.5) is 11.6 Å². The first-order valence-corrected chi connectivity index (χ1v) is 13.8. The lowest BCUT2D eigenvalue weighted by atomic mass is 10.2. The first-order chi connectivity index (χ1) is 18.9. The van der Waals surface area contributed by atoms with Crippen LogP contribution in [0.15, 0.2) is 88.4 Å². The van der Waals surface area contributed by atoms with E-state index >= 15 is 0 Å². The van der Waals surface area contributed by atoms with Crippen molar-refractivity contribution in [1.29, 1.82) is 0 Å². The Balaban J connectivity index is 1.47. The molecule has 2 N–H and O–H groups in total. The van der Waals surface area contributed by atoms with Gasteiger partial charge >= 0.3 is 0 Å². The van der Waals surface area contributed by atoms with Crippen molar-refractivity contribution in [3.8, 4) is 0 Å². The molecule has 12 nitrogen and oxygen atoms in total. The minimum absolute atomic E-state index is 0.0100. The molecule has 3 heterocycles. The van der Waals surface area contributed by atoms with E-state index in [1.54, 1.807) is 24.4 Å². The number of aromatic nitrogens is 4. The fraction of sp³-hybridized carbons (Fsp3) is 0.160. The van der Waals surface area contributed by atoms with Crippen molar-refractivity contribution in [3.05, 3.63) is 83.5 Å². The van der Waals surface area contributed by atoms with E-state index in [1.165, 1.54) is 41.3 Å². The molecule has 14 heteroatoms. The van der Waals surface area contributed by atoms with Crippen molar-refractivity contribution in [3.63, 3.8) is 0 Å². The van der Waals surface area contributed by atoms with Gasteiger partial charge < -0.3 is 10.2 Å². The molecule has 4 aromatic rings. The van der Waals surface area contributed by atoms with Gasteiger partial charge in [0, 0.05) is 44.8 Å². The summed E-state index contributed by atoms with van der Waals surface area (Å²) < 4.78 is 29.3. The zero-order valence-electron chi connectivity index (χ0n) is 20.5. The summed E-state index contributed by atoms with van der Waals surface area (Å²) in [6.45, 7) is 3.16. The first-order valence-electron chi connectivity index (χ1n) is 11.9. The minimum Gasteiger partial charge on any atom is -0.374 e. The summed E-state index contributed by atoms with van der Waals surface area (Å²) in [7, 11) is -3.89. The maximum Gasteiger partial charge on any atom is 0.264 e. The number of rotatable bonds is 8. The molecule has 1 saturated heterocycles. The molecule has 0 unspecified atom stereocenters. The largest absolute Gasteiger partial charge is 0.374 e. The third-order valence-electron chi connectivity index (χ3n) is 5.80. The standard InChI is InChI=1S/C25H23N9O3S2/c35-17-18(16-33-14-12-26-13-15-33)23-24(38)34(22-5-2-1-4-21(22)29-23)32-30-19-6-8-20(9-7-19)39(36,37)31-25-27-10-3-11-28-25/h1-11,16-17,26H,12-15H2,(H,27,28,31)/b18-16-,32-30?. The van der Waals surface area contributed by atoms with E-state index in [0.29, 0.717) is 28.0 Å². The van der Waals surface area contributed by atoms with Crippen LogP contribution in [0.5, 0.6) is 0 Å². The first kappa shape index (κ1) is 26.2. The maximum absolute atomic E-state index is 12.6. The topological polar surface area (TPSA) is 147 Å². The van der Waals surface area contributed by atoms with Gasteiger partial charge in [-0.2, -0.15) is 4.68 Å². The van der Waals surface area contributed by atoms with Crippen molar-refractivity contribution in [2.45, 2.75) is 4.90 Å². The van der Waals surface area contributed by atoms with Gasteiger partial charge in [-0.05, 0) is 42.5 Å². The Morgan fingerprint density at radius 1 is 1.03 bits per heavy atom. The average molecular weight is 562 g/mol. The lowest BCUT2D eigenvalue weighted by molar-refractivity contribution is -0.103. The number of hydrogen-bond donors (Lipinski definition) is 2. The van der Waals surface area contributed by atoms with Crippen molar-refractivity contribution >= 4 is 56.8 Å². The Labute approximate surface area is 229 Å². The molecular formula is C25H23N9O3S2. The number of benzene rings is 2. The van der Waals surface area contributed by atoms with Gasteiger partial charge in [-0.25, -0.2) is 28.1 Å². The predicted molar refractivity (Wildman–Crippen MR) is 148 cm³/mol. The summed E-state index contributed by atoms with van der Waals surface area (Å²) >= 11 is 5.69. The molecule has 198 valence electrons. The quantitative estimate of drug-likeness (QED) is 0.143. The van der Waals surface area contributed by atoms with Crippen LogP contribution in [0.3, 0.4) is 0 Å². The van der Waals surface area contributed by atoms with Gasteiger partial charge in [-0.3, -0.25) is 4.79 Å². The summed E-state index contributed by atoms with van der Waals surface area (Å²) in [5.74, 6) is -0.0308. The van der Waals surface area contributed by atoms with E-state index in [-0.39, 0.29) is 15.5 Å². The maximum atomic E-state index is 12.6. The van der Waals surface area contributed by atoms with Crippen molar-refractivity contribution < 1.29 is 13.2 Å². The molecule has 0 saturated carbocycles. The SMILES string of the molecule is O=C/C(=C/N1CCNCC1)c1nc2ccccc2n(N=Nc2ccc(S(=O)(=O)Nc3ncccn3)cc2)c1=S. The molecule has 0 atom stereocenters. The van der Waals surface area contributed by atoms with Crippen LogP contribution in [0.2, 0.25) is 0 Å². The summed E-state index contributed by atoms with van der Waals surface area (Å²) in [5.41, 5.74) is 2.26. The van der Waals surface area contributed by atoms with Crippen LogP contribution in [0, 0.1) is 4.64 Å². The lowest BCUT2D eigenvalue weighted by Gasteiger charge is -2.26. The Hall–Kier alpha value is -4.40. The number of allylic oxidation sites excluding steroid dienone is 1. The normalized spacial score (nSPS) is 14.6. The van der Waals surface area contributed by atoms with Crippen LogP contribution >= 0.6 is 12.2 Å². The molecular weight excluding hydrogens is 538 g/mol. The molecule has 0 amide bonds. The highest BCUT2D eigenvalue weighted by molar-refractivity contribution is 7.92. The number of carbonyl (C=O) groups excluding carboxylic acids is 1. The monoisotopic (exact) mass is 561 g/mol. The van der Waals surface area contributed by atoms with E-state index in [1.807, 2.05) is 17.0 Å². The van der Waals surface area contributed by atoms with Crippen molar-refractivity contribution in [2.24, 2.45) is 10.3 Å². The molecule has 1 aliphatic rings. The second-order valence-corrected chi connectivity index (χ2v) is 10.5. The van der Waals surface area contributed by atoms with Gasteiger partial charge in [-0.15, -0.1) is 5.11 Å². The van der Waals surface area contributed by atoms with Crippen molar-refractivity contribution in [1.82, 2.24) is 29.8 Å². The highest BCUT2D eigenvalue weighted by Crippen LogP contribution is 2.23. The van der Waals surface area contributed by atoms with Crippen LogP contribution in [-0.4, -0.2) is 65.4 Å². The summed E-state index contributed by atoms with van der Waals surface area (Å²) in [5, 5.41) is 11.9. The van der Waals surface area contributed by atoms with E-state index in [4.69, 9.17) is 12.2 Å². The van der Waals surface area contributed by atoms with E-state index in [9.17, 15) is 13.2 Å². The number of piperazine rings is 1. The highest BCUT2D eigenvalue weighted by Gasteiger charge is 2.16. The summed E-state index contributed by atoms with van der Waals surface area (Å²) in [6, 6.07) is 14.7. The van der Waals surface area contributed by atoms with Gasteiger partial charge in [0.2, 0.25) is 5.95 Å². The predicted octanol–water partition coefficient (Wildman–Crippen LogP) is 3.35. The van der Waals surface area contributed by atoms with Crippen LogP contribution in [-0.2, 0) is 14.8 Å². The number of nitrogens with one attached hydrogen (secondary N) is 2. The number of anilines is 1. The van der Waals surface area contributed by atoms with Gasteiger partial charge in [0.15, 0.2) is 10.9 Å². The number of sulfonamides is 1. The molecule has 39 heavy (non-hydrogen) atoms. The fourth-order valence-electron chi connectivity index (χ4n) is 3.87. The fourth-order valence-corrected chi connectivity index (χ4v) is 5.12. The Bertz CT molecular complexity index is 1720. The summed E-state index contributed by atoms with van der Waals surface area (Å²) in [6.07, 6.45) is 5.39. The second-order valence-electron chi connectivity index (χ2n) is 8.42. The van der Waals surface area contributed by atoms with Crippen LogP contribution in [0.1, 0.15) is 5.69 Å². The molecule has 0 bridgehead atoms. The van der Waals surface area contributed by atoms with Crippen LogP contribution < -0.4 is 10.0 Å². The lowest BCUT2D eigenvalue weighted by Crippen LogP contribution is -2.40. The van der Waals surface area contributed by atoms with Gasteiger partial charge in [0.05, 0.1) is 27.2 Å². The zero-order valence-corrected chi connectivity index (χ0v) is 22.1. The molecule has 1 aliphatic heterocycles. The van der Waals surface area contributed by atoms with Gasteiger partial charge in [0.1, 0.15) is 5.69 Å². The third kappa shape index (κ3) is 6.03. The Morgan fingerprint density at radius 3 is 2.46 bits per heavy atom. The molecule has 2 aromatic carbocycles. The number of para-hydroxylation sites is 2. The van der Waals surface area contributed by atoms with E-state index in [0.717, 1.165) is 32.5 Å². The number of fused-ring (bicyclic) bond motifs is 1. The molecule has 0 radical (unpaired) electrons. The van der Waals surface area contributed by atoms with Gasteiger partial charge in [0.25, 0.3) is 10.0 Å². The molecule has 2 aromatic heterocycles. The molecule has 5 rings (SSSR count). The zero-order chi connectivity index (χ0) is 27.2. The minimum atomic E-state index is -3.89. The number of hydrogen-bond acceptors (Lipinski definition) is 11. The summed E-state index contributed by atoms with van der Waals surface area (Å²) in [4.78, 5) is 26.5. The smallest absolute Gasteiger partial charge is 0.264 e. The Morgan fingerprint density at radius 2 is 1.74 bits per heavy atom. The van der Waals surface area contributed by atoms with E-state index < -0.39 is 10.0 Å². The highest BCUT2D eigenvalue weighted by atomic mass is 32.2. The molecule has 0 spiro atoms. The number of aldehydes is 1. The molecule has 0 aliphatic carbocycles. The number of nitrogens with zero attached hydrogens (tertiary/aromatic N) is 7. The van der Waals surface area contributed by atoms with Gasteiger partial charge in [-0.1, -0.05) is 29.6 Å². The Kier molecular flexibility index (Phi) is 7.76. The van der Waals surface area contributed by atoms with Crippen LogP contribution in [0.25, 0.3) is 16.6 Å². The average Bonchev–Trinajstić information content (AvgIpc) is 2.96. The third-order valence-corrected chi connectivity index (χ3v) is 7.51. The number of carbonyl (C=O) groups is 1. The molecule has 1 fully saturated rings. The van der Waals surface area contributed by atoms with Crippen molar-refractivity contribution in [2.75, 3.05) is 30.9 Å². The second kappa shape index (κ2) is 11.6. The van der Waals surface area contributed by atoms with E-state index in [2.05, 4.69) is 35.3 Å².